The molecule has 9 aromatic rings. The number of ether oxygens (including phenoxy) is 4. The summed E-state index contributed by atoms with van der Waals surface area (Å²) in [5.74, 6) is 5.73. The second-order valence-electron chi connectivity index (χ2n) is 31.2. The number of benzene rings is 9. The average Bonchev–Trinajstić information content (AvgIpc) is 0.833. The summed E-state index contributed by atoms with van der Waals surface area (Å²) in [6, 6.07) is 47.6. The highest BCUT2D eigenvalue weighted by Crippen LogP contribution is 2.57. The summed E-state index contributed by atoms with van der Waals surface area (Å²) >= 11 is 8.22. The lowest BCUT2D eigenvalue weighted by Crippen LogP contribution is -2.24. The molecule has 0 saturated heterocycles. The van der Waals surface area contributed by atoms with Gasteiger partial charge in [0.2, 0.25) is 0 Å². The van der Waals surface area contributed by atoms with Crippen LogP contribution in [0, 0.1) is 21.7 Å². The molecule has 9 rings (SSSR count). The predicted molar refractivity (Wildman–Crippen MR) is 358 cm³/mol. The highest BCUT2D eigenvalue weighted by Gasteiger charge is 2.33. The largest absolute Gasteiger partial charge is 0.457 e. The summed E-state index contributed by atoms with van der Waals surface area (Å²) in [6.07, 6.45) is 4.17. The van der Waals surface area contributed by atoms with Gasteiger partial charge in [-0.25, -0.2) is 0 Å². The molecule has 432 valence electrons. The molecule has 6 heteroatoms. The molecular weight excluding hydrogens is 1140 g/mol. The fourth-order valence-electron chi connectivity index (χ4n) is 14.3. The average molecular weight is 1230 g/mol. The monoisotopic (exact) mass is 1220 g/mol. The predicted octanol–water partition coefficient (Wildman–Crippen LogP) is 25.3. The Morgan fingerprint density at radius 2 is 0.463 bits per heavy atom. The molecule has 0 heterocycles. The molecule has 0 spiro atoms. The molecule has 0 aliphatic rings. The molecule has 82 heavy (non-hydrogen) atoms. The van der Waals surface area contributed by atoms with Crippen molar-refractivity contribution in [1.29, 1.82) is 0 Å². The summed E-state index contributed by atoms with van der Waals surface area (Å²) in [7, 11) is 0. The third-order valence-electron chi connectivity index (χ3n) is 16.2. The number of rotatable bonds is 16. The maximum absolute atomic E-state index is 7.28. The van der Waals surface area contributed by atoms with Crippen LogP contribution in [0.5, 0.6) is 46.0 Å². The van der Waals surface area contributed by atoms with E-state index >= 15 is 0 Å². The van der Waals surface area contributed by atoms with E-state index in [1.807, 2.05) is 0 Å². The summed E-state index contributed by atoms with van der Waals surface area (Å²) in [4.78, 5) is 0. The number of fused-ring (bicyclic) bond motifs is 2. The quantitative estimate of drug-likeness (QED) is 0.0714. The second kappa shape index (κ2) is 21.8. The zero-order chi connectivity index (χ0) is 59.9. The van der Waals surface area contributed by atoms with Gasteiger partial charge in [-0.05, 0) is 187 Å². The van der Waals surface area contributed by atoms with E-state index in [2.05, 4.69) is 304 Å². The Balaban J connectivity index is 1.32. The van der Waals surface area contributed by atoms with Crippen LogP contribution >= 0.6 is 31.9 Å². The van der Waals surface area contributed by atoms with E-state index in [1.54, 1.807) is 0 Å². The zero-order valence-corrected chi connectivity index (χ0v) is 56.1. The van der Waals surface area contributed by atoms with Crippen LogP contribution in [-0.2, 0) is 21.7 Å². The van der Waals surface area contributed by atoms with Crippen molar-refractivity contribution in [1.82, 2.24) is 0 Å². The van der Waals surface area contributed by atoms with E-state index in [0.29, 0.717) is 23.0 Å². The fourth-order valence-corrected chi connectivity index (χ4v) is 15.4. The van der Waals surface area contributed by atoms with Crippen molar-refractivity contribution in [3.63, 3.8) is 0 Å². The van der Waals surface area contributed by atoms with Gasteiger partial charge in [-0.3, -0.25) is 0 Å². The molecule has 0 radical (unpaired) electrons. The number of halogens is 2. The minimum atomic E-state index is -0.0345. The first kappa shape index (κ1) is 61.0. The molecule has 0 unspecified atom stereocenters. The van der Waals surface area contributed by atoms with Gasteiger partial charge in [0.25, 0.3) is 0 Å². The molecule has 0 atom stereocenters. The summed E-state index contributed by atoms with van der Waals surface area (Å²) in [5, 5.41) is 7.54. The van der Waals surface area contributed by atoms with Crippen LogP contribution in [0.1, 0.15) is 186 Å². The summed E-state index contributed by atoms with van der Waals surface area (Å²) < 4.78 is 30.9. The van der Waals surface area contributed by atoms with Crippen molar-refractivity contribution in [3.8, 4) is 46.0 Å². The van der Waals surface area contributed by atoms with Crippen molar-refractivity contribution in [3.05, 3.63) is 165 Å². The Morgan fingerprint density at radius 1 is 0.256 bits per heavy atom. The Morgan fingerprint density at radius 3 is 0.683 bits per heavy atom. The van der Waals surface area contributed by atoms with Gasteiger partial charge < -0.3 is 18.9 Å². The van der Waals surface area contributed by atoms with Gasteiger partial charge >= 0.3 is 0 Å². The van der Waals surface area contributed by atoms with Gasteiger partial charge in [-0.2, -0.15) is 0 Å². The highest BCUT2D eigenvalue weighted by atomic mass is 79.9. The SMILES string of the molecule is CC(C)(C)CC(C)(C)c1ccc(Oc2ccc3c(Br)cc(Oc4ccc(C(C)(C)CC(C)(C)C)cc4)c4c5c(Oc6ccc(C(C)(C)CC(C)(C)C)cc6)cc(Br)c6ccc(Oc7ccc(C(C)(C)CC(C)(C)C)cc7)c(c2c34)c65)cc1. The third-order valence-corrected chi connectivity index (χ3v) is 17.5. The van der Waals surface area contributed by atoms with Crippen LogP contribution in [-0.4, -0.2) is 0 Å². The Hall–Kier alpha value is -5.56. The van der Waals surface area contributed by atoms with Gasteiger partial charge in [0, 0.05) is 41.3 Å². The Labute approximate surface area is 508 Å². The first-order chi connectivity index (χ1) is 37.9. The van der Waals surface area contributed by atoms with E-state index in [9.17, 15) is 0 Å². The maximum atomic E-state index is 7.28. The standard InChI is InChI=1S/C76H90Br2O4/c1-69(2,3)43-73(13,14)47-21-29-51(30-22-47)79-59-39-37-55-57(77)41-61(81-53-33-25-49(26-34-53)75(17,18)45-71(7,8)9)67-63(55)65(59)66-60(80-52-31-23-48(24-32-52)74(15,16)44-70(4,5)6)40-38-56-58(78)42-62(68(67)64(56)66)82-54-35-27-50(28-36-54)76(19,20)46-72(10,11)12/h21-42H,43-46H2,1-20H3. The van der Waals surface area contributed by atoms with Crippen LogP contribution in [0.2, 0.25) is 0 Å². The van der Waals surface area contributed by atoms with Gasteiger partial charge in [0.15, 0.2) is 0 Å². The lowest BCUT2D eigenvalue weighted by molar-refractivity contribution is 0.283. The lowest BCUT2D eigenvalue weighted by Gasteiger charge is -2.33. The van der Waals surface area contributed by atoms with Crippen molar-refractivity contribution >= 4 is 74.9 Å². The first-order valence-electron chi connectivity index (χ1n) is 29.6. The first-order valence-corrected chi connectivity index (χ1v) is 31.2. The molecule has 0 saturated carbocycles. The van der Waals surface area contributed by atoms with Crippen LogP contribution in [0.3, 0.4) is 0 Å². The van der Waals surface area contributed by atoms with Crippen LogP contribution in [0.25, 0.3) is 43.1 Å². The number of hydrogen-bond donors (Lipinski definition) is 0. The molecular formula is C76H90Br2O4. The second-order valence-corrected chi connectivity index (χ2v) is 32.9. The van der Waals surface area contributed by atoms with Crippen LogP contribution in [0.4, 0.5) is 0 Å². The molecule has 0 aliphatic heterocycles. The molecule has 0 aromatic heterocycles. The minimum Gasteiger partial charge on any atom is -0.457 e. The molecule has 0 amide bonds. The molecule has 9 aromatic carbocycles. The lowest BCUT2D eigenvalue weighted by atomic mass is 9.72. The third kappa shape index (κ3) is 13.5. The van der Waals surface area contributed by atoms with Gasteiger partial charge in [0.1, 0.15) is 46.0 Å². The molecule has 4 nitrogen and oxygen atoms in total. The van der Waals surface area contributed by atoms with Gasteiger partial charge in [-0.1, -0.05) is 219 Å². The summed E-state index contributed by atoms with van der Waals surface area (Å²) in [6.45, 7) is 46.4. The smallest absolute Gasteiger partial charge is 0.137 e. The highest BCUT2D eigenvalue weighted by molar-refractivity contribution is 9.11. The van der Waals surface area contributed by atoms with Crippen molar-refractivity contribution in [2.45, 2.75) is 186 Å². The Kier molecular flexibility index (Phi) is 16.2. The van der Waals surface area contributed by atoms with E-state index in [-0.39, 0.29) is 43.3 Å². The van der Waals surface area contributed by atoms with Crippen LogP contribution < -0.4 is 18.9 Å². The zero-order valence-electron chi connectivity index (χ0n) is 52.9. The fraction of sp³-hybridized carbons (Fsp3) is 0.421. The van der Waals surface area contributed by atoms with E-state index < -0.39 is 0 Å². The molecule has 0 N–H and O–H groups in total. The Bertz CT molecular complexity index is 3490. The maximum Gasteiger partial charge on any atom is 0.137 e. The normalized spacial score (nSPS) is 13.4. The molecule has 0 fully saturated rings. The summed E-state index contributed by atoms with van der Waals surface area (Å²) in [5.41, 5.74) is 5.64. The van der Waals surface area contributed by atoms with E-state index in [0.717, 1.165) is 101 Å². The van der Waals surface area contributed by atoms with E-state index in [1.165, 1.54) is 22.3 Å². The van der Waals surface area contributed by atoms with Gasteiger partial charge in [-0.15, -0.1) is 0 Å². The van der Waals surface area contributed by atoms with Gasteiger partial charge in [0.05, 0.1) is 0 Å². The van der Waals surface area contributed by atoms with Crippen molar-refractivity contribution < 1.29 is 18.9 Å². The van der Waals surface area contributed by atoms with Crippen molar-refractivity contribution in [2.24, 2.45) is 21.7 Å². The van der Waals surface area contributed by atoms with Crippen LogP contribution in [0.15, 0.2) is 142 Å². The minimum absolute atomic E-state index is 0.0313. The molecule has 0 aliphatic carbocycles. The number of hydrogen-bond acceptors (Lipinski definition) is 4. The molecule has 0 bridgehead atoms. The van der Waals surface area contributed by atoms with Crippen molar-refractivity contribution in [2.75, 3.05) is 0 Å². The van der Waals surface area contributed by atoms with E-state index in [4.69, 9.17) is 18.9 Å². The topological polar surface area (TPSA) is 36.9 Å².